The van der Waals surface area contributed by atoms with Crippen LogP contribution in [0.4, 0.5) is 0 Å². The second kappa shape index (κ2) is 9.42. The average Bonchev–Trinajstić information content (AvgIpc) is 3.58. The Balaban J connectivity index is 1.39. The number of nitrogens with zero attached hydrogens (tertiary/aromatic N) is 5. The highest BCUT2D eigenvalue weighted by atomic mass is 35.5. The van der Waals surface area contributed by atoms with E-state index in [-0.39, 0.29) is 36.7 Å². The van der Waals surface area contributed by atoms with Gasteiger partial charge in [-0.25, -0.2) is 4.68 Å². The number of alkyl halides is 1. The van der Waals surface area contributed by atoms with Crippen LogP contribution in [-0.4, -0.2) is 79.4 Å². The van der Waals surface area contributed by atoms with Crippen LogP contribution >= 0.6 is 11.6 Å². The maximum Gasteiger partial charge on any atom is 0.252 e. The number of tetrazole rings is 1. The van der Waals surface area contributed by atoms with E-state index in [1.807, 2.05) is 0 Å². The first-order chi connectivity index (χ1) is 16.4. The van der Waals surface area contributed by atoms with Crippen molar-refractivity contribution in [1.82, 2.24) is 30.4 Å². The normalized spacial score (nSPS) is 29.6. The summed E-state index contributed by atoms with van der Waals surface area (Å²) in [6.07, 6.45) is 4.60. The van der Waals surface area contributed by atoms with Gasteiger partial charge in [-0.05, 0) is 53.3 Å². The molecule has 5 rings (SSSR count). The van der Waals surface area contributed by atoms with Gasteiger partial charge in [-0.2, -0.15) is 0 Å². The molecular formula is C23H27ClN6O4. The van der Waals surface area contributed by atoms with Gasteiger partial charge in [0.2, 0.25) is 5.91 Å². The Labute approximate surface area is 202 Å². The third kappa shape index (κ3) is 4.32. The van der Waals surface area contributed by atoms with E-state index in [0.717, 1.165) is 25.7 Å². The van der Waals surface area contributed by atoms with Crippen LogP contribution in [0.5, 0.6) is 0 Å². The number of fused-ring (bicyclic) bond motifs is 1. The standard InChI is InChI=1S/C23H27ClN6O4/c1-13-5-7-14(8-6-13)19(23(33)29-10-17(24)21-20(29)18(31)11-34-21)26-22(32)15-3-2-4-16(9-15)30-12-25-27-28-30/h2-4,9,12-14,17,19-21H,5-8,10-11H2,1H3,(H,26,32)/t13?,14?,17-,19?,20+,21+/m0/s1. The first-order valence-electron chi connectivity index (χ1n) is 11.7. The van der Waals surface area contributed by atoms with E-state index in [0.29, 0.717) is 17.2 Å². The summed E-state index contributed by atoms with van der Waals surface area (Å²) >= 11 is 6.42. The highest BCUT2D eigenvalue weighted by Gasteiger charge is 2.53. The maximum atomic E-state index is 13.8. The second-order valence-electron chi connectivity index (χ2n) is 9.47. The molecule has 1 N–H and O–H groups in total. The first kappa shape index (κ1) is 22.9. The molecule has 1 aromatic heterocycles. The van der Waals surface area contributed by atoms with E-state index in [4.69, 9.17) is 16.3 Å². The quantitative estimate of drug-likeness (QED) is 0.634. The van der Waals surface area contributed by atoms with Gasteiger partial charge in [0, 0.05) is 12.1 Å². The summed E-state index contributed by atoms with van der Waals surface area (Å²) in [7, 11) is 0. The lowest BCUT2D eigenvalue weighted by molar-refractivity contribution is -0.139. The third-order valence-electron chi connectivity index (χ3n) is 7.21. The Morgan fingerprint density at radius 3 is 2.76 bits per heavy atom. The summed E-state index contributed by atoms with van der Waals surface area (Å²) in [6, 6.07) is 5.46. The highest BCUT2D eigenvalue weighted by molar-refractivity contribution is 6.22. The lowest BCUT2D eigenvalue weighted by atomic mass is 9.78. The molecule has 2 saturated heterocycles. The smallest absolute Gasteiger partial charge is 0.252 e. The monoisotopic (exact) mass is 486 g/mol. The predicted octanol–water partition coefficient (Wildman–Crippen LogP) is 1.37. The van der Waals surface area contributed by atoms with Crippen LogP contribution in [0.15, 0.2) is 30.6 Å². The summed E-state index contributed by atoms with van der Waals surface area (Å²) in [6.45, 7) is 2.39. The number of carbonyl (C=O) groups is 3. The van der Waals surface area contributed by atoms with E-state index in [1.165, 1.54) is 15.9 Å². The lowest BCUT2D eigenvalue weighted by Crippen LogP contribution is -2.55. The molecule has 10 nitrogen and oxygen atoms in total. The maximum absolute atomic E-state index is 13.8. The van der Waals surface area contributed by atoms with Gasteiger partial charge in [-0.15, -0.1) is 16.7 Å². The molecule has 2 aliphatic heterocycles. The van der Waals surface area contributed by atoms with Crippen LogP contribution < -0.4 is 5.32 Å². The van der Waals surface area contributed by atoms with E-state index in [2.05, 4.69) is 27.8 Å². The molecule has 11 heteroatoms. The Hall–Kier alpha value is -2.85. The average molecular weight is 487 g/mol. The molecule has 2 aromatic rings. The van der Waals surface area contributed by atoms with Crippen molar-refractivity contribution in [1.29, 1.82) is 0 Å². The number of ketones is 1. The van der Waals surface area contributed by atoms with Gasteiger partial charge < -0.3 is 15.0 Å². The number of carbonyl (C=O) groups excluding carboxylic acids is 3. The summed E-state index contributed by atoms with van der Waals surface area (Å²) in [5.74, 6) is -0.192. The molecule has 3 heterocycles. The zero-order chi connectivity index (χ0) is 23.8. The van der Waals surface area contributed by atoms with E-state index in [1.54, 1.807) is 24.3 Å². The number of likely N-dealkylation sites (tertiary alicyclic amines) is 1. The zero-order valence-corrected chi connectivity index (χ0v) is 19.6. The Morgan fingerprint density at radius 2 is 2.03 bits per heavy atom. The predicted molar refractivity (Wildman–Crippen MR) is 121 cm³/mol. The Bertz CT molecular complexity index is 1070. The van der Waals surface area contributed by atoms with Gasteiger partial charge in [0.15, 0.2) is 5.78 Å². The van der Waals surface area contributed by atoms with Crippen molar-refractivity contribution in [3.8, 4) is 5.69 Å². The number of hydrogen-bond donors (Lipinski definition) is 1. The van der Waals surface area contributed by atoms with Crippen molar-refractivity contribution in [3.05, 3.63) is 36.2 Å². The van der Waals surface area contributed by atoms with Crippen molar-refractivity contribution < 1.29 is 19.1 Å². The zero-order valence-electron chi connectivity index (χ0n) is 18.8. The van der Waals surface area contributed by atoms with E-state index in [9.17, 15) is 14.4 Å². The third-order valence-corrected chi connectivity index (χ3v) is 7.60. The summed E-state index contributed by atoms with van der Waals surface area (Å²) < 4.78 is 7.00. The van der Waals surface area contributed by atoms with Crippen LogP contribution in [0.2, 0.25) is 0 Å². The molecule has 1 saturated carbocycles. The van der Waals surface area contributed by atoms with Gasteiger partial charge in [-0.3, -0.25) is 14.4 Å². The molecule has 0 radical (unpaired) electrons. The fourth-order valence-electron chi connectivity index (χ4n) is 5.30. The number of hydrogen-bond acceptors (Lipinski definition) is 7. The molecule has 3 fully saturated rings. The van der Waals surface area contributed by atoms with Crippen LogP contribution in [0.25, 0.3) is 5.69 Å². The molecule has 34 heavy (non-hydrogen) atoms. The van der Waals surface area contributed by atoms with Crippen LogP contribution in [0.3, 0.4) is 0 Å². The molecule has 180 valence electrons. The minimum atomic E-state index is -0.743. The number of ether oxygens (including phenoxy) is 1. The van der Waals surface area contributed by atoms with Gasteiger partial charge in [-0.1, -0.05) is 25.8 Å². The van der Waals surface area contributed by atoms with Gasteiger partial charge >= 0.3 is 0 Å². The van der Waals surface area contributed by atoms with Crippen molar-refractivity contribution in [3.63, 3.8) is 0 Å². The van der Waals surface area contributed by atoms with Crippen LogP contribution in [0, 0.1) is 11.8 Å². The number of halogens is 1. The second-order valence-corrected chi connectivity index (χ2v) is 10.0. The van der Waals surface area contributed by atoms with Crippen molar-refractivity contribution in [2.45, 2.75) is 56.2 Å². The number of Topliss-reactive ketones (excluding diaryl/α,β-unsaturated/α-hetero) is 1. The largest absolute Gasteiger partial charge is 0.366 e. The molecule has 4 atom stereocenters. The number of nitrogens with one attached hydrogen (secondary N) is 1. The minimum absolute atomic E-state index is 0.0133. The van der Waals surface area contributed by atoms with Crippen molar-refractivity contribution in [2.75, 3.05) is 13.2 Å². The van der Waals surface area contributed by atoms with Gasteiger partial charge in [0.05, 0.1) is 11.1 Å². The summed E-state index contributed by atoms with van der Waals surface area (Å²) in [4.78, 5) is 41.1. The van der Waals surface area contributed by atoms with Crippen LogP contribution in [-0.2, 0) is 14.3 Å². The number of amides is 2. The number of aromatic nitrogens is 4. The van der Waals surface area contributed by atoms with Gasteiger partial charge in [0.25, 0.3) is 5.91 Å². The van der Waals surface area contributed by atoms with E-state index < -0.39 is 23.6 Å². The Morgan fingerprint density at radius 1 is 1.24 bits per heavy atom. The lowest BCUT2D eigenvalue weighted by Gasteiger charge is -2.35. The Kier molecular flexibility index (Phi) is 6.35. The summed E-state index contributed by atoms with van der Waals surface area (Å²) in [5.41, 5.74) is 1.03. The molecule has 2 amide bonds. The number of benzene rings is 1. The molecule has 0 spiro atoms. The molecular weight excluding hydrogens is 460 g/mol. The molecule has 1 aromatic carbocycles. The highest BCUT2D eigenvalue weighted by Crippen LogP contribution is 2.35. The van der Waals surface area contributed by atoms with Crippen LogP contribution in [0.1, 0.15) is 43.0 Å². The van der Waals surface area contributed by atoms with E-state index >= 15 is 0 Å². The SMILES string of the molecule is CC1CCC(C(NC(=O)c2cccc(-n3cnnn3)c2)C(=O)N2C[C@H](Cl)[C@H]3OCC(=O)[C@H]32)CC1. The summed E-state index contributed by atoms with van der Waals surface area (Å²) in [5, 5.41) is 13.7. The first-order valence-corrected chi connectivity index (χ1v) is 12.1. The fourth-order valence-corrected chi connectivity index (χ4v) is 5.66. The number of rotatable bonds is 5. The molecule has 1 aliphatic carbocycles. The van der Waals surface area contributed by atoms with Gasteiger partial charge in [0.1, 0.15) is 31.1 Å². The van der Waals surface area contributed by atoms with Crippen molar-refractivity contribution in [2.24, 2.45) is 11.8 Å². The molecule has 0 bridgehead atoms. The van der Waals surface area contributed by atoms with Crippen molar-refractivity contribution >= 4 is 29.2 Å². The minimum Gasteiger partial charge on any atom is -0.366 e. The molecule has 1 unspecified atom stereocenters. The molecule has 3 aliphatic rings. The fraction of sp³-hybridized carbons (Fsp3) is 0.565. The topological polar surface area (TPSA) is 119 Å².